The summed E-state index contributed by atoms with van der Waals surface area (Å²) in [6.45, 7) is 8.28. The molecule has 3 rings (SSSR count). The maximum Gasteiger partial charge on any atom is 0.490 e. The number of hydrogen-bond donors (Lipinski definition) is 2. The average molecular weight is 530 g/mol. The Labute approximate surface area is 208 Å². The number of aryl methyl sites for hydroxylation is 3. The van der Waals surface area contributed by atoms with Crippen molar-refractivity contribution in [2.45, 2.75) is 38.4 Å². The number of benzene rings is 2. The summed E-state index contributed by atoms with van der Waals surface area (Å²) in [6.07, 6.45) is -5.08. The zero-order valence-electron chi connectivity index (χ0n) is 20.3. The Kier molecular flexibility index (Phi) is 10.0. The highest BCUT2D eigenvalue weighted by molar-refractivity contribution is 7.89. The minimum absolute atomic E-state index is 0.159. The number of hydrogen-bond acceptors (Lipinski definition) is 5. The van der Waals surface area contributed by atoms with Crippen molar-refractivity contribution in [1.82, 2.24) is 14.5 Å². The van der Waals surface area contributed by atoms with Crippen LogP contribution < -0.4 is 5.32 Å². The van der Waals surface area contributed by atoms with Gasteiger partial charge in [-0.3, -0.25) is 4.79 Å². The lowest BCUT2D eigenvalue weighted by Crippen LogP contribution is -2.50. The molecule has 0 radical (unpaired) electrons. The Morgan fingerprint density at radius 2 is 1.61 bits per heavy atom. The number of nitrogens with zero attached hydrogens (tertiary/aromatic N) is 2. The predicted molar refractivity (Wildman–Crippen MR) is 128 cm³/mol. The smallest absolute Gasteiger partial charge is 0.475 e. The van der Waals surface area contributed by atoms with E-state index in [-0.39, 0.29) is 23.9 Å². The van der Waals surface area contributed by atoms with Crippen molar-refractivity contribution in [3.05, 3.63) is 64.7 Å². The molecular formula is C24H30F3N3O5S. The van der Waals surface area contributed by atoms with Crippen molar-refractivity contribution in [3.63, 3.8) is 0 Å². The van der Waals surface area contributed by atoms with E-state index in [0.717, 1.165) is 29.8 Å². The van der Waals surface area contributed by atoms with E-state index in [1.54, 1.807) is 17.9 Å². The fourth-order valence-corrected chi connectivity index (χ4v) is 5.22. The van der Waals surface area contributed by atoms with Gasteiger partial charge in [0.15, 0.2) is 0 Å². The van der Waals surface area contributed by atoms with Gasteiger partial charge in [0.25, 0.3) is 0 Å². The summed E-state index contributed by atoms with van der Waals surface area (Å²) in [7, 11) is -3.83. The first kappa shape index (κ1) is 29.3. The van der Waals surface area contributed by atoms with Crippen LogP contribution in [0.25, 0.3) is 0 Å². The van der Waals surface area contributed by atoms with Crippen molar-refractivity contribution >= 4 is 21.9 Å². The van der Waals surface area contributed by atoms with Gasteiger partial charge in [0, 0.05) is 32.7 Å². The lowest BCUT2D eigenvalue weighted by atomic mass is 10.1. The third kappa shape index (κ3) is 8.32. The molecule has 2 aromatic carbocycles. The number of amides is 1. The fourth-order valence-electron chi connectivity index (χ4n) is 3.53. The summed E-state index contributed by atoms with van der Waals surface area (Å²) >= 11 is 0. The summed E-state index contributed by atoms with van der Waals surface area (Å²) in [4.78, 5) is 23.8. The van der Waals surface area contributed by atoms with Crippen LogP contribution in [0.4, 0.5) is 13.2 Å². The molecular weight excluding hydrogens is 499 g/mol. The Morgan fingerprint density at radius 3 is 2.17 bits per heavy atom. The first-order valence-electron chi connectivity index (χ1n) is 11.1. The van der Waals surface area contributed by atoms with Gasteiger partial charge in [-0.25, -0.2) is 13.2 Å². The van der Waals surface area contributed by atoms with Crippen LogP contribution in [0, 0.1) is 20.8 Å². The number of carbonyl (C=O) groups excluding carboxylic acids is 1. The Morgan fingerprint density at radius 1 is 1.03 bits per heavy atom. The minimum atomic E-state index is -5.08. The van der Waals surface area contributed by atoms with Gasteiger partial charge in [-0.2, -0.15) is 17.5 Å². The Balaban J connectivity index is 0.000000572. The molecule has 2 N–H and O–H groups in total. The number of carbonyl (C=O) groups is 2. The second-order valence-electron chi connectivity index (χ2n) is 8.46. The third-order valence-corrected chi connectivity index (χ3v) is 7.36. The molecule has 0 bridgehead atoms. The molecule has 1 heterocycles. The summed E-state index contributed by atoms with van der Waals surface area (Å²) in [6, 6.07) is 13.1. The number of halogens is 3. The minimum Gasteiger partial charge on any atom is -0.475 e. The zero-order chi connectivity index (χ0) is 27.1. The van der Waals surface area contributed by atoms with Gasteiger partial charge in [0.1, 0.15) is 0 Å². The number of sulfonamides is 1. The number of nitrogens with one attached hydrogen (secondary N) is 1. The van der Waals surface area contributed by atoms with E-state index in [9.17, 15) is 26.4 Å². The van der Waals surface area contributed by atoms with Crippen molar-refractivity contribution in [2.24, 2.45) is 0 Å². The molecule has 0 unspecified atom stereocenters. The molecule has 1 amide bonds. The van der Waals surface area contributed by atoms with Crippen molar-refractivity contribution < 1.29 is 36.3 Å². The van der Waals surface area contributed by atoms with Crippen LogP contribution in [0.15, 0.2) is 47.4 Å². The summed E-state index contributed by atoms with van der Waals surface area (Å²) in [5.74, 6) is -2.92. The predicted octanol–water partition coefficient (Wildman–Crippen LogP) is 2.87. The van der Waals surface area contributed by atoms with E-state index in [4.69, 9.17) is 9.90 Å². The lowest BCUT2D eigenvalue weighted by Gasteiger charge is -2.30. The van der Waals surface area contributed by atoms with Crippen LogP contribution in [0.5, 0.6) is 0 Å². The van der Waals surface area contributed by atoms with E-state index >= 15 is 0 Å². The van der Waals surface area contributed by atoms with E-state index in [1.807, 2.05) is 50.2 Å². The average Bonchev–Trinajstić information content (AvgIpc) is 2.80. The van der Waals surface area contributed by atoms with Gasteiger partial charge in [-0.15, -0.1) is 0 Å². The molecule has 1 fully saturated rings. The Hall–Kier alpha value is -2.96. The highest BCUT2D eigenvalue weighted by Gasteiger charge is 2.38. The molecule has 36 heavy (non-hydrogen) atoms. The van der Waals surface area contributed by atoms with Crippen LogP contribution >= 0.6 is 0 Å². The molecule has 1 saturated heterocycles. The molecule has 8 nitrogen and oxygen atoms in total. The zero-order valence-corrected chi connectivity index (χ0v) is 21.1. The van der Waals surface area contributed by atoms with Crippen LogP contribution in [0.1, 0.15) is 22.3 Å². The number of rotatable bonds is 6. The molecule has 0 aromatic heterocycles. The molecule has 0 saturated carbocycles. The topological polar surface area (TPSA) is 107 Å². The molecule has 12 heteroatoms. The third-order valence-electron chi connectivity index (χ3n) is 5.43. The SMILES string of the molecule is Cc1cccc(CN(CC(=O)N2CCNCC2)S(=O)(=O)c2cc(C)ccc2C)c1.O=C(O)C(F)(F)F. The van der Waals surface area contributed by atoms with Gasteiger partial charge in [-0.1, -0.05) is 42.0 Å². The second-order valence-corrected chi connectivity index (χ2v) is 10.4. The first-order chi connectivity index (χ1) is 16.7. The molecule has 1 aliphatic heterocycles. The highest BCUT2D eigenvalue weighted by Crippen LogP contribution is 2.23. The van der Waals surface area contributed by atoms with Crippen LogP contribution in [0.2, 0.25) is 0 Å². The molecule has 0 spiro atoms. The van der Waals surface area contributed by atoms with Crippen LogP contribution in [-0.4, -0.2) is 73.5 Å². The molecule has 2 aromatic rings. The number of piperazine rings is 1. The van der Waals surface area contributed by atoms with Crippen molar-refractivity contribution in [2.75, 3.05) is 32.7 Å². The van der Waals surface area contributed by atoms with Crippen LogP contribution in [0.3, 0.4) is 0 Å². The van der Waals surface area contributed by atoms with E-state index in [1.165, 1.54) is 4.31 Å². The second kappa shape index (κ2) is 12.3. The van der Waals surface area contributed by atoms with E-state index in [2.05, 4.69) is 5.32 Å². The van der Waals surface area contributed by atoms with Crippen molar-refractivity contribution in [1.29, 1.82) is 0 Å². The van der Waals surface area contributed by atoms with Gasteiger partial charge in [0.2, 0.25) is 15.9 Å². The molecule has 0 atom stereocenters. The Bertz CT molecular complexity index is 1180. The highest BCUT2D eigenvalue weighted by atomic mass is 32.2. The lowest BCUT2D eigenvalue weighted by molar-refractivity contribution is -0.192. The molecule has 0 aliphatic carbocycles. The van der Waals surface area contributed by atoms with Crippen LogP contribution in [-0.2, 0) is 26.2 Å². The first-order valence-corrected chi connectivity index (χ1v) is 12.6. The maximum atomic E-state index is 13.6. The summed E-state index contributed by atoms with van der Waals surface area (Å²) in [5.41, 5.74) is 3.48. The number of alkyl halides is 3. The van der Waals surface area contributed by atoms with Gasteiger partial charge < -0.3 is 15.3 Å². The molecule has 198 valence electrons. The van der Waals surface area contributed by atoms with Gasteiger partial charge in [-0.05, 0) is 43.5 Å². The molecule has 1 aliphatic rings. The maximum absolute atomic E-state index is 13.6. The normalized spacial score (nSPS) is 14.2. The summed E-state index contributed by atoms with van der Waals surface area (Å²) < 4.78 is 60.2. The fraction of sp³-hybridized carbons (Fsp3) is 0.417. The van der Waals surface area contributed by atoms with Gasteiger partial charge >= 0.3 is 12.1 Å². The van der Waals surface area contributed by atoms with E-state index < -0.39 is 22.2 Å². The number of carboxylic acid groups (broad SMARTS) is 1. The largest absolute Gasteiger partial charge is 0.490 e. The van der Waals surface area contributed by atoms with E-state index in [0.29, 0.717) is 18.7 Å². The van der Waals surface area contributed by atoms with Crippen molar-refractivity contribution in [3.8, 4) is 0 Å². The summed E-state index contributed by atoms with van der Waals surface area (Å²) in [5, 5.41) is 10.3. The monoisotopic (exact) mass is 529 g/mol. The number of carboxylic acids is 1. The quantitative estimate of drug-likeness (QED) is 0.596. The standard InChI is InChI=1S/C22H29N3O3S.C2HF3O2/c1-17-5-4-6-20(13-17)15-25(16-22(26)24-11-9-23-10-12-24)29(27,28)21-14-18(2)7-8-19(21)3;3-2(4,5)1(6)7/h4-8,13-14,23H,9-12,15-16H2,1-3H3;(H,6,7). The number of aliphatic carboxylic acids is 1. The van der Waals surface area contributed by atoms with Gasteiger partial charge in [0.05, 0.1) is 11.4 Å².